The Kier molecular flexibility index (Phi) is 3.70. The lowest BCUT2D eigenvalue weighted by atomic mass is 10.2. The van der Waals surface area contributed by atoms with Crippen LogP contribution in [0.3, 0.4) is 0 Å². The first-order valence-electron chi connectivity index (χ1n) is 6.92. The van der Waals surface area contributed by atoms with Gasteiger partial charge in [-0.1, -0.05) is 5.16 Å². The molecule has 1 aliphatic heterocycles. The molecule has 0 bridgehead atoms. The molecule has 1 atom stereocenters. The van der Waals surface area contributed by atoms with E-state index in [1.54, 1.807) is 4.90 Å². The molecule has 0 radical (unpaired) electrons. The van der Waals surface area contributed by atoms with Gasteiger partial charge in [0.25, 0.3) is 0 Å². The second-order valence-electron chi connectivity index (χ2n) is 5.68. The van der Waals surface area contributed by atoms with E-state index in [1.807, 2.05) is 0 Å². The number of nitrogens with zero attached hydrogens (tertiary/aromatic N) is 3. The second kappa shape index (κ2) is 5.38. The largest absolute Gasteiger partial charge is 0.480 e. The number of hydrogen-bond donors (Lipinski definition) is 1. The summed E-state index contributed by atoms with van der Waals surface area (Å²) in [4.78, 5) is 16.8. The van der Waals surface area contributed by atoms with Crippen LogP contribution in [0.1, 0.15) is 36.9 Å². The summed E-state index contributed by atoms with van der Waals surface area (Å²) in [5.41, 5.74) is 0. The second-order valence-corrected chi connectivity index (χ2v) is 7.90. The summed E-state index contributed by atoms with van der Waals surface area (Å²) in [6.45, 7) is -0.0620. The summed E-state index contributed by atoms with van der Waals surface area (Å²) in [5.74, 6) is 0.472. The molecular formula is C12H17N3O5S. The van der Waals surface area contributed by atoms with Crippen LogP contribution in [0.15, 0.2) is 4.52 Å². The molecule has 3 rings (SSSR count). The van der Waals surface area contributed by atoms with Crippen LogP contribution >= 0.6 is 0 Å². The van der Waals surface area contributed by atoms with Gasteiger partial charge in [-0.25, -0.2) is 8.42 Å². The van der Waals surface area contributed by atoms with E-state index in [1.165, 1.54) is 0 Å². The van der Waals surface area contributed by atoms with E-state index >= 15 is 0 Å². The van der Waals surface area contributed by atoms with Crippen LogP contribution in [0, 0.1) is 0 Å². The van der Waals surface area contributed by atoms with Crippen molar-refractivity contribution >= 4 is 15.8 Å². The normalized spacial score (nSPS) is 24.5. The molecule has 0 spiro atoms. The molecule has 1 aliphatic carbocycles. The quantitative estimate of drug-likeness (QED) is 0.781. The third-order valence-corrected chi connectivity index (χ3v) is 5.58. The lowest BCUT2D eigenvalue weighted by Crippen LogP contribution is -2.39. The molecule has 8 nitrogen and oxygen atoms in total. The van der Waals surface area contributed by atoms with E-state index in [9.17, 15) is 13.2 Å². The number of carboxylic acid groups (broad SMARTS) is 1. The molecule has 0 amide bonds. The molecule has 1 aromatic rings. The van der Waals surface area contributed by atoms with E-state index in [0.29, 0.717) is 24.1 Å². The zero-order chi connectivity index (χ0) is 15.0. The van der Waals surface area contributed by atoms with Crippen LogP contribution in [-0.4, -0.2) is 58.6 Å². The van der Waals surface area contributed by atoms with Crippen molar-refractivity contribution in [2.75, 3.05) is 18.1 Å². The smallest absolute Gasteiger partial charge is 0.317 e. The van der Waals surface area contributed by atoms with Gasteiger partial charge < -0.3 is 9.63 Å². The van der Waals surface area contributed by atoms with Gasteiger partial charge in [0.1, 0.15) is 0 Å². The summed E-state index contributed by atoms with van der Waals surface area (Å²) >= 11 is 0. The summed E-state index contributed by atoms with van der Waals surface area (Å²) < 4.78 is 28.3. The molecule has 2 fully saturated rings. The van der Waals surface area contributed by atoms with Gasteiger partial charge in [0.15, 0.2) is 15.7 Å². The minimum absolute atomic E-state index is 0.0100. The third kappa shape index (κ3) is 3.59. The number of aliphatic carboxylic acids is 1. The fourth-order valence-electron chi connectivity index (χ4n) is 2.56. The first-order chi connectivity index (χ1) is 9.93. The van der Waals surface area contributed by atoms with Gasteiger partial charge in [-0.15, -0.1) is 0 Å². The Bertz CT molecular complexity index is 637. The van der Waals surface area contributed by atoms with E-state index < -0.39 is 15.8 Å². The number of aromatic nitrogens is 2. The fourth-order valence-corrected chi connectivity index (χ4v) is 4.33. The highest BCUT2D eigenvalue weighted by atomic mass is 32.2. The Morgan fingerprint density at radius 2 is 2.14 bits per heavy atom. The summed E-state index contributed by atoms with van der Waals surface area (Å²) in [5, 5.41) is 12.9. The van der Waals surface area contributed by atoms with E-state index in [0.717, 1.165) is 12.8 Å². The number of rotatable bonds is 6. The minimum Gasteiger partial charge on any atom is -0.480 e. The Morgan fingerprint density at radius 3 is 2.71 bits per heavy atom. The van der Waals surface area contributed by atoms with E-state index in [2.05, 4.69) is 10.1 Å². The van der Waals surface area contributed by atoms with Crippen LogP contribution in [-0.2, 0) is 21.2 Å². The van der Waals surface area contributed by atoms with Crippen molar-refractivity contribution in [3.63, 3.8) is 0 Å². The van der Waals surface area contributed by atoms with Crippen LogP contribution in [0.4, 0.5) is 0 Å². The molecule has 21 heavy (non-hydrogen) atoms. The van der Waals surface area contributed by atoms with Gasteiger partial charge in [0.2, 0.25) is 5.89 Å². The fraction of sp³-hybridized carbons (Fsp3) is 0.750. The van der Waals surface area contributed by atoms with E-state index in [-0.39, 0.29) is 30.6 Å². The first kappa shape index (κ1) is 14.5. The Morgan fingerprint density at radius 1 is 1.38 bits per heavy atom. The lowest BCUT2D eigenvalue weighted by Gasteiger charge is -2.24. The van der Waals surface area contributed by atoms with Crippen molar-refractivity contribution < 1.29 is 22.8 Å². The maximum atomic E-state index is 11.6. The van der Waals surface area contributed by atoms with Crippen LogP contribution in [0.5, 0.6) is 0 Å². The van der Waals surface area contributed by atoms with Crippen molar-refractivity contribution in [3.05, 3.63) is 11.7 Å². The summed E-state index contributed by atoms with van der Waals surface area (Å²) in [7, 11) is -3.07. The Labute approximate surface area is 122 Å². The number of hydrogen-bond acceptors (Lipinski definition) is 7. The molecule has 1 aromatic heterocycles. The van der Waals surface area contributed by atoms with Gasteiger partial charge in [-0.2, -0.15) is 4.98 Å². The third-order valence-electron chi connectivity index (χ3n) is 3.83. The molecule has 2 aliphatic rings. The topological polar surface area (TPSA) is 114 Å². The highest BCUT2D eigenvalue weighted by molar-refractivity contribution is 7.91. The predicted octanol–water partition coefficient (Wildman–Crippen LogP) is 0.0207. The molecular weight excluding hydrogens is 298 g/mol. The van der Waals surface area contributed by atoms with Gasteiger partial charge >= 0.3 is 5.97 Å². The summed E-state index contributed by atoms with van der Waals surface area (Å²) in [6.07, 6.45) is 2.55. The maximum absolute atomic E-state index is 11.6. The molecule has 116 valence electrons. The molecule has 1 unspecified atom stereocenters. The standard InChI is InChI=1S/C12H17N3O5S/c16-11(17)6-15(9-3-4-21(18,19)7-9)5-10-13-12(14-20-10)8-1-2-8/h8-9H,1-7H2,(H,16,17). The zero-order valence-electron chi connectivity index (χ0n) is 11.4. The number of carboxylic acids is 1. The molecule has 9 heteroatoms. The van der Waals surface area contributed by atoms with Crippen molar-refractivity contribution in [2.24, 2.45) is 0 Å². The Balaban J connectivity index is 1.70. The van der Waals surface area contributed by atoms with E-state index in [4.69, 9.17) is 9.63 Å². The van der Waals surface area contributed by atoms with Gasteiger partial charge in [0.05, 0.1) is 24.6 Å². The molecule has 0 aromatic carbocycles. The average molecular weight is 315 g/mol. The molecule has 1 saturated carbocycles. The predicted molar refractivity (Wildman–Crippen MR) is 71.4 cm³/mol. The number of carbonyl (C=O) groups is 1. The van der Waals surface area contributed by atoms with Gasteiger partial charge in [-0.3, -0.25) is 9.69 Å². The molecule has 1 saturated heterocycles. The SMILES string of the molecule is O=C(O)CN(Cc1nc(C2CC2)no1)C1CCS(=O)(=O)C1. The average Bonchev–Trinajstić information content (AvgIpc) is 3.03. The zero-order valence-corrected chi connectivity index (χ0v) is 12.3. The van der Waals surface area contributed by atoms with Crippen molar-refractivity contribution in [2.45, 2.75) is 37.8 Å². The first-order valence-corrected chi connectivity index (χ1v) is 8.74. The van der Waals surface area contributed by atoms with Crippen LogP contribution in [0.25, 0.3) is 0 Å². The highest BCUT2D eigenvalue weighted by Crippen LogP contribution is 2.38. The van der Waals surface area contributed by atoms with Crippen LogP contribution in [0.2, 0.25) is 0 Å². The molecule has 1 N–H and O–H groups in total. The lowest BCUT2D eigenvalue weighted by molar-refractivity contribution is -0.139. The van der Waals surface area contributed by atoms with Crippen molar-refractivity contribution in [3.8, 4) is 0 Å². The van der Waals surface area contributed by atoms with Crippen molar-refractivity contribution in [1.82, 2.24) is 15.0 Å². The monoisotopic (exact) mass is 315 g/mol. The number of sulfone groups is 1. The van der Waals surface area contributed by atoms with Crippen LogP contribution < -0.4 is 0 Å². The maximum Gasteiger partial charge on any atom is 0.317 e. The highest BCUT2D eigenvalue weighted by Gasteiger charge is 2.34. The Hall–Kier alpha value is -1.48. The molecule has 2 heterocycles. The van der Waals surface area contributed by atoms with Gasteiger partial charge in [0, 0.05) is 12.0 Å². The summed E-state index contributed by atoms with van der Waals surface area (Å²) in [6, 6.07) is -0.303. The van der Waals surface area contributed by atoms with Gasteiger partial charge in [-0.05, 0) is 19.3 Å². The minimum atomic E-state index is -3.07. The van der Waals surface area contributed by atoms with Crippen molar-refractivity contribution in [1.29, 1.82) is 0 Å².